The van der Waals surface area contributed by atoms with Gasteiger partial charge in [-0.05, 0) is 61.0 Å². The second-order valence-corrected chi connectivity index (χ2v) is 9.16. The Morgan fingerprint density at radius 1 is 1.42 bits per heavy atom. The van der Waals surface area contributed by atoms with Crippen LogP contribution in [0.4, 0.5) is 0 Å². The van der Waals surface area contributed by atoms with E-state index in [0.717, 1.165) is 21.7 Å². The molecule has 0 aromatic heterocycles. The SMILES string of the molecule is C=C(CCC(I)CC)C1=C(C2CC2)C(C(C)C)CS1. The van der Waals surface area contributed by atoms with Crippen molar-refractivity contribution in [2.45, 2.75) is 56.8 Å². The molecule has 0 nitrogen and oxygen atoms in total. The van der Waals surface area contributed by atoms with Crippen LogP contribution in [0.15, 0.2) is 22.6 Å². The maximum absolute atomic E-state index is 4.42. The Hall–Kier alpha value is 0.560. The summed E-state index contributed by atoms with van der Waals surface area (Å²) in [5.41, 5.74) is 3.23. The molecule has 1 aliphatic carbocycles. The smallest absolute Gasteiger partial charge is 0.0110 e. The highest BCUT2D eigenvalue weighted by molar-refractivity contribution is 14.1. The molecule has 0 bridgehead atoms. The molecule has 2 aliphatic rings. The molecule has 2 heteroatoms. The molecule has 2 rings (SSSR count). The number of thioether (sulfide) groups is 1. The molecule has 0 amide bonds. The fourth-order valence-corrected chi connectivity index (χ4v) is 4.92. The zero-order valence-electron chi connectivity index (χ0n) is 12.5. The Morgan fingerprint density at radius 3 is 2.63 bits per heavy atom. The normalized spacial score (nSPS) is 25.2. The summed E-state index contributed by atoms with van der Waals surface area (Å²) in [6, 6.07) is 0. The van der Waals surface area contributed by atoms with Crippen LogP contribution in [-0.2, 0) is 0 Å². The second-order valence-electron chi connectivity index (χ2n) is 6.37. The molecule has 1 saturated carbocycles. The van der Waals surface area contributed by atoms with Crippen molar-refractivity contribution in [2.75, 3.05) is 5.75 Å². The van der Waals surface area contributed by atoms with Gasteiger partial charge in [0, 0.05) is 14.6 Å². The van der Waals surface area contributed by atoms with Crippen molar-refractivity contribution < 1.29 is 0 Å². The maximum Gasteiger partial charge on any atom is 0.0110 e. The van der Waals surface area contributed by atoms with Gasteiger partial charge in [-0.15, -0.1) is 11.8 Å². The summed E-state index contributed by atoms with van der Waals surface area (Å²) in [5.74, 6) is 3.84. The third kappa shape index (κ3) is 4.03. The van der Waals surface area contributed by atoms with Crippen LogP contribution in [0.25, 0.3) is 0 Å². The van der Waals surface area contributed by atoms with E-state index in [1.807, 2.05) is 0 Å². The van der Waals surface area contributed by atoms with Crippen LogP contribution < -0.4 is 0 Å². The van der Waals surface area contributed by atoms with Gasteiger partial charge in [0.25, 0.3) is 0 Å². The van der Waals surface area contributed by atoms with Gasteiger partial charge in [-0.2, -0.15) is 0 Å². The zero-order chi connectivity index (χ0) is 14.0. The molecule has 0 spiro atoms. The molecular formula is C17H27IS. The second kappa shape index (κ2) is 7.02. The number of hydrogen-bond acceptors (Lipinski definition) is 1. The van der Waals surface area contributed by atoms with Gasteiger partial charge in [0.1, 0.15) is 0 Å². The zero-order valence-corrected chi connectivity index (χ0v) is 15.5. The molecule has 0 radical (unpaired) electrons. The Morgan fingerprint density at radius 2 is 2.11 bits per heavy atom. The van der Waals surface area contributed by atoms with Crippen molar-refractivity contribution in [1.82, 2.24) is 0 Å². The predicted molar refractivity (Wildman–Crippen MR) is 97.0 cm³/mol. The van der Waals surface area contributed by atoms with Gasteiger partial charge in [-0.3, -0.25) is 0 Å². The average Bonchev–Trinajstić information content (AvgIpc) is 3.13. The minimum absolute atomic E-state index is 0.793. The van der Waals surface area contributed by atoms with E-state index in [2.05, 4.69) is 61.7 Å². The predicted octanol–water partition coefficient (Wildman–Crippen LogP) is 6.22. The lowest BCUT2D eigenvalue weighted by atomic mass is 9.85. The Bertz CT molecular complexity index is 365. The van der Waals surface area contributed by atoms with Gasteiger partial charge in [0.15, 0.2) is 0 Å². The summed E-state index contributed by atoms with van der Waals surface area (Å²) in [5, 5.41) is 0. The molecule has 1 aliphatic heterocycles. The fraction of sp³-hybridized carbons (Fsp3) is 0.765. The first-order valence-corrected chi connectivity index (χ1v) is 9.96. The monoisotopic (exact) mass is 390 g/mol. The molecular weight excluding hydrogens is 363 g/mol. The molecule has 0 aromatic rings. The van der Waals surface area contributed by atoms with Crippen molar-refractivity contribution in [3.05, 3.63) is 22.6 Å². The standard InChI is InChI=1S/C17H27IS/c1-5-14(18)9-6-12(4)17-16(13-7-8-13)15(10-19-17)11(2)3/h11,13-15H,4-10H2,1-3H3. The first kappa shape index (κ1) is 15.9. The van der Waals surface area contributed by atoms with Crippen molar-refractivity contribution >= 4 is 34.4 Å². The van der Waals surface area contributed by atoms with Crippen molar-refractivity contribution in [3.63, 3.8) is 0 Å². The highest BCUT2D eigenvalue weighted by atomic mass is 127. The third-order valence-electron chi connectivity index (χ3n) is 4.41. The number of alkyl halides is 1. The molecule has 1 heterocycles. The molecule has 0 N–H and O–H groups in total. The van der Waals surface area contributed by atoms with Crippen LogP contribution in [-0.4, -0.2) is 9.68 Å². The van der Waals surface area contributed by atoms with E-state index >= 15 is 0 Å². The summed E-state index contributed by atoms with van der Waals surface area (Å²) < 4.78 is 0.812. The molecule has 2 unspecified atom stereocenters. The van der Waals surface area contributed by atoms with E-state index in [1.54, 1.807) is 10.5 Å². The fourth-order valence-electron chi connectivity index (χ4n) is 2.90. The van der Waals surface area contributed by atoms with Crippen molar-refractivity contribution in [2.24, 2.45) is 17.8 Å². The van der Waals surface area contributed by atoms with E-state index in [4.69, 9.17) is 0 Å². The summed E-state index contributed by atoms with van der Waals surface area (Å²) >= 11 is 4.68. The molecule has 19 heavy (non-hydrogen) atoms. The molecule has 0 saturated heterocycles. The van der Waals surface area contributed by atoms with Gasteiger partial charge < -0.3 is 0 Å². The van der Waals surface area contributed by atoms with Gasteiger partial charge in [-0.1, -0.05) is 49.9 Å². The summed E-state index contributed by atoms with van der Waals surface area (Å²) in [7, 11) is 0. The number of hydrogen-bond donors (Lipinski definition) is 0. The quantitative estimate of drug-likeness (QED) is 0.367. The van der Waals surface area contributed by atoms with Gasteiger partial charge in [0.05, 0.1) is 0 Å². The highest BCUT2D eigenvalue weighted by Gasteiger charge is 2.38. The van der Waals surface area contributed by atoms with E-state index in [-0.39, 0.29) is 0 Å². The van der Waals surface area contributed by atoms with Gasteiger partial charge in [-0.25, -0.2) is 0 Å². The first-order valence-electron chi connectivity index (χ1n) is 7.73. The van der Waals surface area contributed by atoms with E-state index in [0.29, 0.717) is 0 Å². The van der Waals surface area contributed by atoms with E-state index in [1.165, 1.54) is 43.4 Å². The topological polar surface area (TPSA) is 0 Å². The lowest BCUT2D eigenvalue weighted by Gasteiger charge is -2.19. The van der Waals surface area contributed by atoms with Crippen LogP contribution in [0.2, 0.25) is 0 Å². The van der Waals surface area contributed by atoms with Crippen molar-refractivity contribution in [1.29, 1.82) is 0 Å². The van der Waals surface area contributed by atoms with E-state index < -0.39 is 0 Å². The average molecular weight is 390 g/mol. The molecule has 1 fully saturated rings. The lowest BCUT2D eigenvalue weighted by Crippen LogP contribution is -2.12. The minimum Gasteiger partial charge on any atom is -0.125 e. The molecule has 2 atom stereocenters. The summed E-state index contributed by atoms with van der Waals surface area (Å²) in [6.07, 6.45) is 6.64. The van der Waals surface area contributed by atoms with Gasteiger partial charge in [0.2, 0.25) is 0 Å². The number of rotatable bonds is 7. The summed E-state index contributed by atoms with van der Waals surface area (Å²) in [6.45, 7) is 11.5. The van der Waals surface area contributed by atoms with Crippen LogP contribution in [0.1, 0.15) is 52.9 Å². The van der Waals surface area contributed by atoms with Crippen LogP contribution in [0, 0.1) is 17.8 Å². The minimum atomic E-state index is 0.793. The number of allylic oxidation sites excluding steroid dienone is 2. The Kier molecular flexibility index (Phi) is 5.89. The Labute approximate surface area is 137 Å². The Balaban J connectivity index is 2.05. The van der Waals surface area contributed by atoms with Gasteiger partial charge >= 0.3 is 0 Å². The number of halogens is 1. The molecule has 108 valence electrons. The first-order chi connectivity index (χ1) is 9.04. The van der Waals surface area contributed by atoms with Crippen molar-refractivity contribution in [3.8, 4) is 0 Å². The van der Waals surface area contributed by atoms with Crippen LogP contribution >= 0.6 is 34.4 Å². The van der Waals surface area contributed by atoms with E-state index in [9.17, 15) is 0 Å². The molecule has 0 aromatic carbocycles. The highest BCUT2D eigenvalue weighted by Crippen LogP contribution is 2.53. The largest absolute Gasteiger partial charge is 0.125 e. The third-order valence-corrected chi connectivity index (χ3v) is 7.26. The van der Waals surface area contributed by atoms with Crippen LogP contribution in [0.3, 0.4) is 0 Å². The van der Waals surface area contributed by atoms with Crippen LogP contribution in [0.5, 0.6) is 0 Å². The lowest BCUT2D eigenvalue weighted by molar-refractivity contribution is 0.474. The summed E-state index contributed by atoms with van der Waals surface area (Å²) in [4.78, 5) is 1.61. The maximum atomic E-state index is 4.42.